The fourth-order valence-electron chi connectivity index (χ4n) is 1.34. The standard InChI is InChI=1S/C12H14ClN3O/c1-12(2,3)15-11-14-10(16-17-11)8-5-4-6-9(13)7-8/h4-7H,1-3H3,(H,14,15,16). The maximum Gasteiger partial charge on any atom is 0.322 e. The minimum absolute atomic E-state index is 0.113. The second-order valence-electron chi connectivity index (χ2n) is 4.81. The van der Waals surface area contributed by atoms with Crippen LogP contribution in [0.3, 0.4) is 0 Å². The molecule has 0 radical (unpaired) electrons. The van der Waals surface area contributed by atoms with Gasteiger partial charge in [0.2, 0.25) is 5.82 Å². The van der Waals surface area contributed by atoms with Crippen LogP contribution in [0.1, 0.15) is 20.8 Å². The summed E-state index contributed by atoms with van der Waals surface area (Å²) in [5.41, 5.74) is 0.723. The molecule has 0 unspecified atom stereocenters. The van der Waals surface area contributed by atoms with Gasteiger partial charge in [-0.1, -0.05) is 28.9 Å². The third kappa shape index (κ3) is 3.20. The van der Waals surface area contributed by atoms with Gasteiger partial charge in [-0.25, -0.2) is 0 Å². The molecule has 5 heteroatoms. The second-order valence-corrected chi connectivity index (χ2v) is 5.24. The lowest BCUT2D eigenvalue weighted by Crippen LogP contribution is -2.26. The fourth-order valence-corrected chi connectivity index (χ4v) is 1.53. The molecule has 0 aliphatic heterocycles. The molecule has 0 aliphatic rings. The average Bonchev–Trinajstić information content (AvgIpc) is 2.63. The van der Waals surface area contributed by atoms with Crippen molar-refractivity contribution in [2.45, 2.75) is 26.3 Å². The highest BCUT2D eigenvalue weighted by Crippen LogP contribution is 2.22. The molecule has 1 aromatic heterocycles. The Morgan fingerprint density at radius 3 is 2.71 bits per heavy atom. The first kappa shape index (κ1) is 11.9. The molecule has 0 fully saturated rings. The fraction of sp³-hybridized carbons (Fsp3) is 0.333. The maximum atomic E-state index is 5.91. The molecule has 0 saturated carbocycles. The van der Waals surface area contributed by atoms with E-state index < -0.39 is 0 Å². The smallest absolute Gasteiger partial charge is 0.322 e. The van der Waals surface area contributed by atoms with E-state index in [1.165, 1.54) is 0 Å². The van der Waals surface area contributed by atoms with Gasteiger partial charge in [-0.3, -0.25) is 0 Å². The van der Waals surface area contributed by atoms with Crippen LogP contribution in [0.2, 0.25) is 5.02 Å². The van der Waals surface area contributed by atoms with E-state index in [1.54, 1.807) is 12.1 Å². The van der Waals surface area contributed by atoms with Crippen LogP contribution >= 0.6 is 11.6 Å². The summed E-state index contributed by atoms with van der Waals surface area (Å²) in [7, 11) is 0. The van der Waals surface area contributed by atoms with Crippen LogP contribution in [0.25, 0.3) is 11.4 Å². The number of hydrogen-bond acceptors (Lipinski definition) is 4. The SMILES string of the molecule is CC(C)(C)Nc1nc(-c2cccc(Cl)c2)no1. The maximum absolute atomic E-state index is 5.91. The Labute approximate surface area is 105 Å². The van der Waals surface area contributed by atoms with Gasteiger partial charge in [-0.15, -0.1) is 0 Å². The van der Waals surface area contributed by atoms with E-state index in [9.17, 15) is 0 Å². The zero-order valence-corrected chi connectivity index (χ0v) is 10.7. The first-order chi connectivity index (χ1) is 7.94. The molecule has 1 aromatic carbocycles. The predicted molar refractivity (Wildman–Crippen MR) is 68.1 cm³/mol. The molecule has 0 amide bonds. The van der Waals surface area contributed by atoms with Crippen LogP contribution in [0, 0.1) is 0 Å². The van der Waals surface area contributed by atoms with E-state index in [0.717, 1.165) is 5.56 Å². The van der Waals surface area contributed by atoms with Crippen molar-refractivity contribution >= 4 is 17.6 Å². The highest BCUT2D eigenvalue weighted by molar-refractivity contribution is 6.30. The summed E-state index contributed by atoms with van der Waals surface area (Å²) in [4.78, 5) is 4.26. The van der Waals surface area contributed by atoms with Gasteiger partial charge in [0, 0.05) is 16.1 Å². The van der Waals surface area contributed by atoms with Gasteiger partial charge in [0.15, 0.2) is 0 Å². The zero-order valence-electron chi connectivity index (χ0n) is 9.99. The Kier molecular flexibility index (Phi) is 3.07. The number of anilines is 1. The van der Waals surface area contributed by atoms with Gasteiger partial charge >= 0.3 is 6.01 Å². The monoisotopic (exact) mass is 251 g/mol. The molecule has 1 heterocycles. The summed E-state index contributed by atoms with van der Waals surface area (Å²) < 4.78 is 5.12. The summed E-state index contributed by atoms with van der Waals surface area (Å²) in [6.07, 6.45) is 0. The lowest BCUT2D eigenvalue weighted by Gasteiger charge is -2.17. The van der Waals surface area contributed by atoms with Crippen LogP contribution in [0.15, 0.2) is 28.8 Å². The summed E-state index contributed by atoms with van der Waals surface area (Å²) in [5.74, 6) is 0.527. The van der Waals surface area contributed by atoms with E-state index in [0.29, 0.717) is 16.9 Å². The van der Waals surface area contributed by atoms with Gasteiger partial charge in [0.25, 0.3) is 0 Å². The Hall–Kier alpha value is -1.55. The molecule has 0 spiro atoms. The summed E-state index contributed by atoms with van der Waals surface area (Å²) >= 11 is 5.91. The van der Waals surface area contributed by atoms with Gasteiger partial charge in [0.1, 0.15) is 0 Å². The number of nitrogens with one attached hydrogen (secondary N) is 1. The molecule has 4 nitrogen and oxygen atoms in total. The molecule has 1 N–H and O–H groups in total. The molecular weight excluding hydrogens is 238 g/mol. The Balaban J connectivity index is 2.24. The van der Waals surface area contributed by atoms with Crippen LogP contribution in [0.4, 0.5) is 6.01 Å². The topological polar surface area (TPSA) is 51.0 Å². The van der Waals surface area contributed by atoms with E-state index in [2.05, 4.69) is 15.5 Å². The van der Waals surface area contributed by atoms with Crippen LogP contribution in [-0.2, 0) is 0 Å². The van der Waals surface area contributed by atoms with Crippen LogP contribution in [0.5, 0.6) is 0 Å². The van der Waals surface area contributed by atoms with E-state index in [1.807, 2.05) is 32.9 Å². The Morgan fingerprint density at radius 1 is 1.29 bits per heavy atom. The number of halogens is 1. The van der Waals surface area contributed by atoms with E-state index >= 15 is 0 Å². The van der Waals surface area contributed by atoms with Crippen molar-refractivity contribution < 1.29 is 4.52 Å². The number of aromatic nitrogens is 2. The van der Waals surface area contributed by atoms with Gasteiger partial charge < -0.3 is 9.84 Å². The van der Waals surface area contributed by atoms with Crippen molar-refractivity contribution in [2.24, 2.45) is 0 Å². The zero-order chi connectivity index (χ0) is 12.5. The summed E-state index contributed by atoms with van der Waals surface area (Å²) in [5, 5.41) is 7.67. The lowest BCUT2D eigenvalue weighted by atomic mass is 10.1. The number of benzene rings is 1. The molecule has 0 atom stereocenters. The van der Waals surface area contributed by atoms with Gasteiger partial charge in [0.05, 0.1) is 0 Å². The molecule has 0 saturated heterocycles. The normalized spacial score (nSPS) is 11.5. The molecule has 2 aromatic rings. The van der Waals surface area contributed by atoms with Crippen molar-refractivity contribution in [2.75, 3.05) is 5.32 Å². The van der Waals surface area contributed by atoms with Crippen LogP contribution in [-0.4, -0.2) is 15.7 Å². The number of rotatable bonds is 2. The number of nitrogens with zero attached hydrogens (tertiary/aromatic N) is 2. The third-order valence-corrected chi connectivity index (χ3v) is 2.23. The minimum Gasteiger partial charge on any atom is -0.333 e. The summed E-state index contributed by atoms with van der Waals surface area (Å²) in [6.45, 7) is 6.07. The van der Waals surface area contributed by atoms with Crippen molar-refractivity contribution in [1.29, 1.82) is 0 Å². The summed E-state index contributed by atoms with van der Waals surface area (Å²) in [6, 6.07) is 7.75. The lowest BCUT2D eigenvalue weighted by molar-refractivity contribution is 0.420. The largest absolute Gasteiger partial charge is 0.333 e. The molecule has 0 aliphatic carbocycles. The minimum atomic E-state index is -0.113. The van der Waals surface area contributed by atoms with Crippen LogP contribution < -0.4 is 5.32 Å². The first-order valence-corrected chi connectivity index (χ1v) is 5.70. The molecular formula is C12H14ClN3O. The Morgan fingerprint density at radius 2 is 2.06 bits per heavy atom. The average molecular weight is 252 g/mol. The van der Waals surface area contributed by atoms with E-state index in [4.69, 9.17) is 16.1 Å². The molecule has 0 bridgehead atoms. The van der Waals surface area contributed by atoms with Crippen molar-refractivity contribution in [3.8, 4) is 11.4 Å². The van der Waals surface area contributed by atoms with Gasteiger partial charge in [-0.05, 0) is 32.9 Å². The third-order valence-electron chi connectivity index (χ3n) is 1.99. The first-order valence-electron chi connectivity index (χ1n) is 5.32. The van der Waals surface area contributed by atoms with Gasteiger partial charge in [-0.2, -0.15) is 4.98 Å². The van der Waals surface area contributed by atoms with Crippen molar-refractivity contribution in [1.82, 2.24) is 10.1 Å². The highest BCUT2D eigenvalue weighted by atomic mass is 35.5. The molecule has 2 rings (SSSR count). The second kappa shape index (κ2) is 4.37. The van der Waals surface area contributed by atoms with Crippen molar-refractivity contribution in [3.63, 3.8) is 0 Å². The highest BCUT2D eigenvalue weighted by Gasteiger charge is 2.15. The Bertz CT molecular complexity index is 516. The quantitative estimate of drug-likeness (QED) is 0.886. The molecule has 90 valence electrons. The van der Waals surface area contributed by atoms with Crippen molar-refractivity contribution in [3.05, 3.63) is 29.3 Å². The molecule has 17 heavy (non-hydrogen) atoms. The van der Waals surface area contributed by atoms with E-state index in [-0.39, 0.29) is 5.54 Å². The number of hydrogen-bond donors (Lipinski definition) is 1. The predicted octanol–water partition coefficient (Wildman–Crippen LogP) is 3.60.